The second-order valence-electron chi connectivity index (χ2n) is 4.95. The zero-order valence-electron chi connectivity index (χ0n) is 11.4. The summed E-state index contributed by atoms with van der Waals surface area (Å²) in [5, 5.41) is 7.30. The molecule has 1 atom stereocenters. The third-order valence-corrected chi connectivity index (χ3v) is 3.47. The molecule has 2 rings (SSSR count). The molecule has 0 saturated carbocycles. The van der Waals surface area contributed by atoms with E-state index in [1.807, 2.05) is 24.3 Å². The number of ether oxygens (including phenoxy) is 1. The number of carbonyl (C=O) groups is 1. The largest absolute Gasteiger partial charge is 0.497 e. The summed E-state index contributed by atoms with van der Waals surface area (Å²) in [6, 6.07) is 7.39. The van der Waals surface area contributed by atoms with Gasteiger partial charge < -0.3 is 10.1 Å². The molecule has 1 N–H and O–H groups in total. The van der Waals surface area contributed by atoms with E-state index in [9.17, 15) is 4.79 Å². The smallest absolute Gasteiger partial charge is 0.224 e. The number of nitrogens with one attached hydrogen (secondary N) is 1. The van der Waals surface area contributed by atoms with Gasteiger partial charge in [0.15, 0.2) is 0 Å². The van der Waals surface area contributed by atoms with Gasteiger partial charge in [-0.15, -0.1) is 0 Å². The molecule has 1 unspecified atom stereocenters. The van der Waals surface area contributed by atoms with Crippen molar-refractivity contribution in [2.75, 3.05) is 25.5 Å². The molecule has 4 nitrogen and oxygen atoms in total. The van der Waals surface area contributed by atoms with Crippen LogP contribution in [-0.2, 0) is 4.79 Å². The molecule has 0 spiro atoms. The summed E-state index contributed by atoms with van der Waals surface area (Å²) in [5.74, 6) is 1.47. The van der Waals surface area contributed by atoms with Crippen molar-refractivity contribution < 1.29 is 9.53 Å². The van der Waals surface area contributed by atoms with Gasteiger partial charge >= 0.3 is 0 Å². The minimum Gasteiger partial charge on any atom is -0.497 e. The molecule has 1 heterocycles. The topological polar surface area (TPSA) is 52.4 Å². The van der Waals surface area contributed by atoms with Crippen molar-refractivity contribution in [1.82, 2.24) is 5.32 Å². The van der Waals surface area contributed by atoms with Crippen LogP contribution in [0.2, 0.25) is 0 Å². The molecule has 4 heteroatoms. The number of amides is 1. The van der Waals surface area contributed by atoms with Crippen molar-refractivity contribution in [3.05, 3.63) is 24.3 Å². The first-order valence-corrected chi connectivity index (χ1v) is 6.85. The lowest BCUT2D eigenvalue weighted by Gasteiger charge is -2.20. The van der Waals surface area contributed by atoms with Crippen molar-refractivity contribution in [3.63, 3.8) is 0 Å². The van der Waals surface area contributed by atoms with E-state index >= 15 is 0 Å². The summed E-state index contributed by atoms with van der Waals surface area (Å²) in [6.45, 7) is 1.92. The monoisotopic (exact) mass is 261 g/mol. The maximum absolute atomic E-state index is 11.8. The van der Waals surface area contributed by atoms with Crippen molar-refractivity contribution >= 4 is 11.6 Å². The van der Waals surface area contributed by atoms with Crippen molar-refractivity contribution in [2.45, 2.75) is 25.7 Å². The van der Waals surface area contributed by atoms with Gasteiger partial charge in [0.1, 0.15) is 5.75 Å². The molecular weight excluding hydrogens is 240 g/mol. The molecule has 1 aliphatic rings. The molecule has 1 aliphatic heterocycles. The standard InChI is InChI=1S/C15H21N2O2/c1-19-14-7-5-13(6-8-14)17-15(18)9-4-12-3-2-10-16-11-12/h5-8,12H,2-4,9-11H2,1H3,(H,17,18). The highest BCUT2D eigenvalue weighted by Gasteiger charge is 2.15. The molecule has 1 aromatic rings. The third-order valence-electron chi connectivity index (χ3n) is 3.47. The highest BCUT2D eigenvalue weighted by molar-refractivity contribution is 5.90. The Bertz CT molecular complexity index is 397. The Morgan fingerprint density at radius 1 is 1.42 bits per heavy atom. The molecule has 1 amide bonds. The zero-order chi connectivity index (χ0) is 13.5. The van der Waals surface area contributed by atoms with E-state index in [1.54, 1.807) is 7.11 Å². The van der Waals surface area contributed by atoms with Gasteiger partial charge in [0.25, 0.3) is 0 Å². The number of piperidine rings is 1. The Morgan fingerprint density at radius 3 is 2.84 bits per heavy atom. The summed E-state index contributed by atoms with van der Waals surface area (Å²) >= 11 is 0. The van der Waals surface area contributed by atoms with E-state index in [0.29, 0.717) is 12.3 Å². The van der Waals surface area contributed by atoms with Crippen LogP contribution in [-0.4, -0.2) is 26.1 Å². The van der Waals surface area contributed by atoms with E-state index < -0.39 is 0 Å². The van der Waals surface area contributed by atoms with Crippen LogP contribution in [0, 0.1) is 5.92 Å². The van der Waals surface area contributed by atoms with Crippen LogP contribution in [0.1, 0.15) is 25.7 Å². The quantitative estimate of drug-likeness (QED) is 0.885. The van der Waals surface area contributed by atoms with Crippen LogP contribution < -0.4 is 15.4 Å². The first-order valence-electron chi connectivity index (χ1n) is 6.85. The second kappa shape index (κ2) is 7.14. The number of nitrogens with zero attached hydrogens (tertiary/aromatic N) is 1. The van der Waals surface area contributed by atoms with E-state index in [-0.39, 0.29) is 5.91 Å². The van der Waals surface area contributed by atoms with E-state index in [2.05, 4.69) is 10.6 Å². The van der Waals surface area contributed by atoms with Crippen LogP contribution >= 0.6 is 0 Å². The van der Waals surface area contributed by atoms with Gasteiger partial charge in [-0.1, -0.05) is 0 Å². The fourth-order valence-electron chi connectivity index (χ4n) is 2.33. The Labute approximate surface area is 114 Å². The van der Waals surface area contributed by atoms with Gasteiger partial charge in [-0.2, -0.15) is 0 Å². The number of hydrogen-bond donors (Lipinski definition) is 1. The van der Waals surface area contributed by atoms with Gasteiger partial charge in [0, 0.05) is 25.2 Å². The number of anilines is 1. The third kappa shape index (κ3) is 4.56. The molecule has 0 aliphatic carbocycles. The minimum atomic E-state index is 0.0794. The lowest BCUT2D eigenvalue weighted by Crippen LogP contribution is -2.25. The zero-order valence-corrected chi connectivity index (χ0v) is 11.4. The number of rotatable bonds is 5. The second-order valence-corrected chi connectivity index (χ2v) is 4.95. The number of methoxy groups -OCH3 is 1. The molecule has 1 fully saturated rings. The lowest BCUT2D eigenvalue weighted by atomic mass is 9.94. The summed E-state index contributed by atoms with van der Waals surface area (Å²) in [7, 11) is 1.63. The van der Waals surface area contributed by atoms with Gasteiger partial charge in [0.2, 0.25) is 5.91 Å². The summed E-state index contributed by atoms with van der Waals surface area (Å²) < 4.78 is 5.08. The SMILES string of the molecule is COc1ccc(NC(=O)CCC2CCC[N]C2)cc1. The Hall–Kier alpha value is -1.55. The highest BCUT2D eigenvalue weighted by atomic mass is 16.5. The van der Waals surface area contributed by atoms with Gasteiger partial charge in [-0.25, -0.2) is 5.32 Å². The lowest BCUT2D eigenvalue weighted by molar-refractivity contribution is -0.116. The van der Waals surface area contributed by atoms with Crippen LogP contribution in [0.5, 0.6) is 5.75 Å². The van der Waals surface area contributed by atoms with Crippen LogP contribution in [0.25, 0.3) is 0 Å². The van der Waals surface area contributed by atoms with Gasteiger partial charge in [-0.3, -0.25) is 4.79 Å². The van der Waals surface area contributed by atoms with E-state index in [4.69, 9.17) is 4.74 Å². The number of carbonyl (C=O) groups excluding carboxylic acids is 1. The molecule has 1 saturated heterocycles. The fourth-order valence-corrected chi connectivity index (χ4v) is 2.33. The van der Waals surface area contributed by atoms with Crippen LogP contribution in [0.3, 0.4) is 0 Å². The van der Waals surface area contributed by atoms with Crippen LogP contribution in [0.4, 0.5) is 5.69 Å². The number of benzene rings is 1. The molecule has 19 heavy (non-hydrogen) atoms. The molecule has 0 aromatic heterocycles. The molecule has 103 valence electrons. The maximum atomic E-state index is 11.8. The predicted molar refractivity (Wildman–Crippen MR) is 75.4 cm³/mol. The Morgan fingerprint density at radius 2 is 2.21 bits per heavy atom. The summed E-state index contributed by atoms with van der Waals surface area (Å²) in [5.41, 5.74) is 0.819. The van der Waals surface area contributed by atoms with Gasteiger partial charge in [-0.05, 0) is 49.4 Å². The molecular formula is C15H21N2O2. The first-order chi connectivity index (χ1) is 9.28. The van der Waals surface area contributed by atoms with Crippen molar-refractivity contribution in [1.29, 1.82) is 0 Å². The van der Waals surface area contributed by atoms with Crippen molar-refractivity contribution in [3.8, 4) is 5.75 Å². The summed E-state index contributed by atoms with van der Waals surface area (Å²) in [6.07, 6.45) is 3.89. The molecule has 0 bridgehead atoms. The molecule has 1 radical (unpaired) electrons. The average molecular weight is 261 g/mol. The summed E-state index contributed by atoms with van der Waals surface area (Å²) in [4.78, 5) is 11.8. The fraction of sp³-hybridized carbons (Fsp3) is 0.533. The van der Waals surface area contributed by atoms with Crippen molar-refractivity contribution in [2.24, 2.45) is 5.92 Å². The minimum absolute atomic E-state index is 0.0794. The molecule has 1 aromatic carbocycles. The Balaban J connectivity index is 1.73. The first kappa shape index (κ1) is 13.9. The Kier molecular flexibility index (Phi) is 5.21. The van der Waals surface area contributed by atoms with E-state index in [1.165, 1.54) is 12.8 Å². The maximum Gasteiger partial charge on any atom is 0.224 e. The average Bonchev–Trinajstić information content (AvgIpc) is 2.47. The highest BCUT2D eigenvalue weighted by Crippen LogP contribution is 2.18. The van der Waals surface area contributed by atoms with Gasteiger partial charge in [0.05, 0.1) is 7.11 Å². The van der Waals surface area contributed by atoms with E-state index in [0.717, 1.165) is 30.9 Å². The predicted octanol–water partition coefficient (Wildman–Crippen LogP) is 2.43. The van der Waals surface area contributed by atoms with Crippen LogP contribution in [0.15, 0.2) is 24.3 Å². The normalized spacial score (nSPS) is 18.9. The number of hydrogen-bond acceptors (Lipinski definition) is 2.